The molecule has 1 aliphatic rings. The van der Waals surface area contributed by atoms with Crippen molar-refractivity contribution < 1.29 is 9.18 Å². The summed E-state index contributed by atoms with van der Waals surface area (Å²) >= 11 is 2.00. The minimum absolute atomic E-state index is 0.0328. The number of likely N-dealkylation sites (tertiary alicyclic amines) is 1. The Labute approximate surface area is 120 Å². The lowest BCUT2D eigenvalue weighted by Crippen LogP contribution is -2.47. The molecule has 2 N–H and O–H groups in total. The standard InChI is InChI=1S/C13H16FIN2O/c14-9-4-5-11(12(15)7-9)13(18)17-6-2-1-3-10(17)8-16/h4-5,7,10H,1-3,6,8,16H2. The summed E-state index contributed by atoms with van der Waals surface area (Å²) in [6.45, 7) is 1.23. The number of piperidine rings is 1. The van der Waals surface area contributed by atoms with Gasteiger partial charge in [0.15, 0.2) is 0 Å². The van der Waals surface area contributed by atoms with Crippen LogP contribution >= 0.6 is 22.6 Å². The predicted octanol–water partition coefficient (Wildman–Crippen LogP) is 2.38. The maximum Gasteiger partial charge on any atom is 0.255 e. The molecule has 0 aromatic heterocycles. The van der Waals surface area contributed by atoms with Crippen molar-refractivity contribution in [3.63, 3.8) is 0 Å². The molecule has 1 aliphatic heterocycles. The minimum atomic E-state index is -0.315. The van der Waals surface area contributed by atoms with Crippen LogP contribution < -0.4 is 5.73 Å². The number of hydrogen-bond donors (Lipinski definition) is 1. The average molecular weight is 362 g/mol. The molecule has 1 atom stereocenters. The molecule has 1 aromatic rings. The number of rotatable bonds is 2. The van der Waals surface area contributed by atoms with Crippen molar-refractivity contribution in [3.05, 3.63) is 33.1 Å². The number of nitrogens with zero attached hydrogens (tertiary/aromatic N) is 1. The second-order valence-corrected chi connectivity index (χ2v) is 5.67. The zero-order chi connectivity index (χ0) is 13.1. The summed E-state index contributed by atoms with van der Waals surface area (Å²) in [6, 6.07) is 4.39. The molecule has 98 valence electrons. The van der Waals surface area contributed by atoms with Crippen LogP contribution in [0.4, 0.5) is 4.39 Å². The summed E-state index contributed by atoms with van der Waals surface area (Å²) in [5.74, 6) is -0.348. The van der Waals surface area contributed by atoms with Crippen molar-refractivity contribution in [2.24, 2.45) is 5.73 Å². The summed E-state index contributed by atoms with van der Waals surface area (Å²) in [5.41, 5.74) is 6.28. The Morgan fingerprint density at radius 3 is 2.94 bits per heavy atom. The zero-order valence-corrected chi connectivity index (χ0v) is 12.2. The fourth-order valence-electron chi connectivity index (χ4n) is 2.33. The number of carbonyl (C=O) groups is 1. The van der Waals surface area contributed by atoms with E-state index >= 15 is 0 Å². The van der Waals surface area contributed by atoms with Crippen molar-refractivity contribution in [2.75, 3.05) is 13.1 Å². The quantitative estimate of drug-likeness (QED) is 0.822. The molecular weight excluding hydrogens is 346 g/mol. The van der Waals surface area contributed by atoms with E-state index in [0.717, 1.165) is 25.8 Å². The minimum Gasteiger partial charge on any atom is -0.334 e. The van der Waals surface area contributed by atoms with Crippen LogP contribution in [0.15, 0.2) is 18.2 Å². The van der Waals surface area contributed by atoms with Crippen molar-refractivity contribution >= 4 is 28.5 Å². The Morgan fingerprint density at radius 2 is 2.28 bits per heavy atom. The first-order valence-electron chi connectivity index (χ1n) is 6.09. The summed E-state index contributed by atoms with van der Waals surface area (Å²) in [5, 5.41) is 0. The smallest absolute Gasteiger partial charge is 0.255 e. The highest BCUT2D eigenvalue weighted by molar-refractivity contribution is 14.1. The van der Waals surface area contributed by atoms with E-state index in [4.69, 9.17) is 5.73 Å². The van der Waals surface area contributed by atoms with Gasteiger partial charge in [0.1, 0.15) is 5.82 Å². The molecule has 1 saturated heterocycles. The van der Waals surface area contributed by atoms with E-state index in [2.05, 4.69) is 0 Å². The van der Waals surface area contributed by atoms with Crippen LogP contribution in [0.3, 0.4) is 0 Å². The summed E-state index contributed by atoms with van der Waals surface area (Å²) in [4.78, 5) is 14.3. The van der Waals surface area contributed by atoms with E-state index in [1.807, 2.05) is 27.5 Å². The molecule has 0 saturated carbocycles. The summed E-state index contributed by atoms with van der Waals surface area (Å²) in [7, 11) is 0. The van der Waals surface area contributed by atoms with Gasteiger partial charge in [-0.2, -0.15) is 0 Å². The lowest BCUT2D eigenvalue weighted by atomic mass is 10.0. The molecule has 1 fully saturated rings. The average Bonchev–Trinajstić information content (AvgIpc) is 2.38. The van der Waals surface area contributed by atoms with E-state index in [1.165, 1.54) is 12.1 Å². The molecule has 0 radical (unpaired) electrons. The van der Waals surface area contributed by atoms with Crippen LogP contribution in [-0.4, -0.2) is 29.9 Å². The van der Waals surface area contributed by atoms with Gasteiger partial charge in [0.25, 0.3) is 5.91 Å². The fourth-order valence-corrected chi connectivity index (χ4v) is 3.04. The monoisotopic (exact) mass is 362 g/mol. The molecule has 5 heteroatoms. The lowest BCUT2D eigenvalue weighted by Gasteiger charge is -2.35. The van der Waals surface area contributed by atoms with Crippen LogP contribution in [0.5, 0.6) is 0 Å². The van der Waals surface area contributed by atoms with Crippen LogP contribution in [0.25, 0.3) is 0 Å². The SMILES string of the molecule is NCC1CCCCN1C(=O)c1ccc(F)cc1I. The molecular formula is C13H16FIN2O. The zero-order valence-electron chi connectivity index (χ0n) is 10.0. The van der Waals surface area contributed by atoms with E-state index in [-0.39, 0.29) is 17.8 Å². The van der Waals surface area contributed by atoms with Crippen LogP contribution in [0.2, 0.25) is 0 Å². The number of halogens is 2. The molecule has 1 heterocycles. The Bertz CT molecular complexity index is 453. The van der Waals surface area contributed by atoms with Crippen molar-refractivity contribution in [1.29, 1.82) is 0 Å². The van der Waals surface area contributed by atoms with Crippen molar-refractivity contribution in [3.8, 4) is 0 Å². The largest absolute Gasteiger partial charge is 0.334 e. The topological polar surface area (TPSA) is 46.3 Å². The maximum absolute atomic E-state index is 13.0. The molecule has 1 unspecified atom stereocenters. The Kier molecular flexibility index (Phi) is 4.55. The van der Waals surface area contributed by atoms with Gasteiger partial charge in [0, 0.05) is 22.7 Å². The van der Waals surface area contributed by atoms with Crippen LogP contribution in [-0.2, 0) is 0 Å². The Balaban J connectivity index is 2.24. The highest BCUT2D eigenvalue weighted by Gasteiger charge is 2.27. The first kappa shape index (κ1) is 13.7. The first-order chi connectivity index (χ1) is 8.63. The van der Waals surface area contributed by atoms with Crippen molar-refractivity contribution in [1.82, 2.24) is 4.90 Å². The van der Waals surface area contributed by atoms with Gasteiger partial charge in [-0.3, -0.25) is 4.79 Å². The van der Waals surface area contributed by atoms with Gasteiger partial charge in [-0.05, 0) is 60.1 Å². The number of amides is 1. The van der Waals surface area contributed by atoms with Gasteiger partial charge in [-0.1, -0.05) is 0 Å². The highest BCUT2D eigenvalue weighted by Crippen LogP contribution is 2.22. The van der Waals surface area contributed by atoms with Crippen LogP contribution in [0.1, 0.15) is 29.6 Å². The Morgan fingerprint density at radius 1 is 1.50 bits per heavy atom. The predicted molar refractivity (Wildman–Crippen MR) is 76.8 cm³/mol. The van der Waals surface area contributed by atoms with E-state index in [1.54, 1.807) is 6.07 Å². The third-order valence-electron chi connectivity index (χ3n) is 3.32. The maximum atomic E-state index is 13.0. The third-order valence-corrected chi connectivity index (χ3v) is 4.21. The summed E-state index contributed by atoms with van der Waals surface area (Å²) < 4.78 is 13.7. The van der Waals surface area contributed by atoms with Gasteiger partial charge >= 0.3 is 0 Å². The van der Waals surface area contributed by atoms with Gasteiger partial charge < -0.3 is 10.6 Å². The third kappa shape index (κ3) is 2.83. The van der Waals surface area contributed by atoms with Gasteiger partial charge in [-0.25, -0.2) is 4.39 Å². The number of nitrogens with two attached hydrogens (primary N) is 1. The molecule has 1 amide bonds. The molecule has 3 nitrogen and oxygen atoms in total. The van der Waals surface area contributed by atoms with Gasteiger partial charge in [0.2, 0.25) is 0 Å². The number of benzene rings is 1. The number of carbonyl (C=O) groups excluding carboxylic acids is 1. The molecule has 0 bridgehead atoms. The first-order valence-corrected chi connectivity index (χ1v) is 7.17. The summed E-state index contributed by atoms with van der Waals surface area (Å²) in [6.07, 6.45) is 3.09. The van der Waals surface area contributed by atoms with Gasteiger partial charge in [0.05, 0.1) is 5.56 Å². The molecule has 1 aromatic carbocycles. The van der Waals surface area contributed by atoms with Gasteiger partial charge in [-0.15, -0.1) is 0 Å². The van der Waals surface area contributed by atoms with E-state index in [0.29, 0.717) is 15.7 Å². The van der Waals surface area contributed by atoms with Crippen LogP contribution in [0, 0.1) is 9.39 Å². The van der Waals surface area contributed by atoms with E-state index < -0.39 is 0 Å². The second kappa shape index (κ2) is 5.97. The molecule has 18 heavy (non-hydrogen) atoms. The fraction of sp³-hybridized carbons (Fsp3) is 0.462. The number of hydrogen-bond acceptors (Lipinski definition) is 2. The molecule has 0 aliphatic carbocycles. The molecule has 0 spiro atoms. The van der Waals surface area contributed by atoms with E-state index in [9.17, 15) is 9.18 Å². The second-order valence-electron chi connectivity index (χ2n) is 4.51. The van der Waals surface area contributed by atoms with Crippen molar-refractivity contribution in [2.45, 2.75) is 25.3 Å². The normalized spacial score (nSPS) is 19.9. The Hall–Kier alpha value is -0.690. The lowest BCUT2D eigenvalue weighted by molar-refractivity contribution is 0.0622. The molecule has 2 rings (SSSR count). The highest BCUT2D eigenvalue weighted by atomic mass is 127.